The van der Waals surface area contributed by atoms with E-state index in [2.05, 4.69) is 34.2 Å². The minimum Gasteiger partial charge on any atom is -0.459 e. The molecule has 0 spiro atoms. The summed E-state index contributed by atoms with van der Waals surface area (Å²) in [6.45, 7) is 6.11. The molecule has 0 atom stereocenters. The summed E-state index contributed by atoms with van der Waals surface area (Å²) in [5.74, 6) is 1.24. The zero-order chi connectivity index (χ0) is 15.2. The molecule has 8 nitrogen and oxygen atoms in total. The van der Waals surface area contributed by atoms with Crippen molar-refractivity contribution in [2.24, 2.45) is 5.92 Å². The first-order chi connectivity index (χ1) is 10.1. The Morgan fingerprint density at radius 2 is 2.19 bits per heavy atom. The Labute approximate surface area is 125 Å². The molecule has 0 amide bonds. The molecule has 0 saturated heterocycles. The van der Waals surface area contributed by atoms with Crippen molar-refractivity contribution in [3.05, 3.63) is 17.6 Å². The Balaban J connectivity index is 1.88. The molecule has 0 fully saturated rings. The molecule has 0 saturated carbocycles. The van der Waals surface area contributed by atoms with Crippen molar-refractivity contribution in [3.63, 3.8) is 0 Å². The number of aromatic nitrogens is 4. The highest BCUT2D eigenvalue weighted by Gasteiger charge is 2.17. The van der Waals surface area contributed by atoms with Gasteiger partial charge in [-0.05, 0) is 12.8 Å². The van der Waals surface area contributed by atoms with E-state index in [9.17, 15) is 4.79 Å². The van der Waals surface area contributed by atoms with Crippen LogP contribution < -0.4 is 0 Å². The van der Waals surface area contributed by atoms with Crippen LogP contribution in [0.25, 0.3) is 0 Å². The summed E-state index contributed by atoms with van der Waals surface area (Å²) in [5, 5.41) is 11.5. The average molecular weight is 312 g/mol. The maximum atomic E-state index is 11.4. The van der Waals surface area contributed by atoms with E-state index in [-0.39, 0.29) is 17.7 Å². The molecule has 2 heterocycles. The Hall–Kier alpha value is -1.90. The van der Waals surface area contributed by atoms with Crippen LogP contribution in [0.3, 0.4) is 0 Å². The zero-order valence-corrected chi connectivity index (χ0v) is 12.8. The fraction of sp³-hybridized carbons (Fsp3) is 0.583. The second kappa shape index (κ2) is 7.21. The summed E-state index contributed by atoms with van der Waals surface area (Å²) in [5.41, 5.74) is 0. The number of rotatable bonds is 7. The van der Waals surface area contributed by atoms with Gasteiger partial charge < -0.3 is 13.7 Å². The van der Waals surface area contributed by atoms with Crippen LogP contribution in [0.15, 0.2) is 14.2 Å². The maximum absolute atomic E-state index is 11.4. The lowest BCUT2D eigenvalue weighted by molar-refractivity contribution is 0.0475. The molecular weight excluding hydrogens is 296 g/mol. The van der Waals surface area contributed by atoms with Crippen molar-refractivity contribution < 1.29 is 18.5 Å². The number of esters is 1. The SMILES string of the molecule is CCOC(=O)c1nnc(SCc2noc(CC(C)C)n2)o1. The second-order valence-corrected chi connectivity index (χ2v) is 5.51. The Bertz CT molecular complexity index is 596. The molecule has 2 aromatic heterocycles. The quantitative estimate of drug-likeness (QED) is 0.561. The first kappa shape index (κ1) is 15.5. The van der Waals surface area contributed by atoms with Crippen molar-refractivity contribution in [2.45, 2.75) is 38.2 Å². The lowest BCUT2D eigenvalue weighted by Gasteiger charge is -1.95. The van der Waals surface area contributed by atoms with Crippen LogP contribution in [0.4, 0.5) is 0 Å². The van der Waals surface area contributed by atoms with Gasteiger partial charge in [-0.3, -0.25) is 0 Å². The Morgan fingerprint density at radius 1 is 1.38 bits per heavy atom. The van der Waals surface area contributed by atoms with E-state index in [0.717, 1.165) is 6.42 Å². The summed E-state index contributed by atoms with van der Waals surface area (Å²) in [7, 11) is 0. The number of hydrogen-bond donors (Lipinski definition) is 0. The van der Waals surface area contributed by atoms with E-state index >= 15 is 0 Å². The molecule has 0 aromatic carbocycles. The lowest BCUT2D eigenvalue weighted by atomic mass is 10.1. The van der Waals surface area contributed by atoms with Gasteiger partial charge in [-0.1, -0.05) is 35.9 Å². The molecule has 2 rings (SSSR count). The molecular formula is C12H16N4O4S. The van der Waals surface area contributed by atoms with Gasteiger partial charge in [0.1, 0.15) is 0 Å². The molecule has 0 radical (unpaired) electrons. The molecule has 0 N–H and O–H groups in total. The van der Waals surface area contributed by atoms with E-state index in [1.54, 1.807) is 6.92 Å². The van der Waals surface area contributed by atoms with Crippen LogP contribution in [0.1, 0.15) is 43.2 Å². The predicted molar refractivity (Wildman–Crippen MR) is 72.7 cm³/mol. The molecule has 9 heteroatoms. The minimum absolute atomic E-state index is 0.159. The van der Waals surface area contributed by atoms with Gasteiger partial charge in [-0.15, -0.1) is 5.10 Å². The van der Waals surface area contributed by atoms with Crippen molar-refractivity contribution >= 4 is 17.7 Å². The third kappa shape index (κ3) is 4.55. The highest BCUT2D eigenvalue weighted by atomic mass is 32.2. The summed E-state index contributed by atoms with van der Waals surface area (Å²) in [6.07, 6.45) is 0.741. The predicted octanol–water partition coefficient (Wildman–Crippen LogP) is 2.12. The third-order valence-electron chi connectivity index (χ3n) is 2.27. The molecule has 0 aliphatic heterocycles. The molecule has 114 valence electrons. The highest BCUT2D eigenvalue weighted by molar-refractivity contribution is 7.98. The van der Waals surface area contributed by atoms with Gasteiger partial charge in [0, 0.05) is 6.42 Å². The highest BCUT2D eigenvalue weighted by Crippen LogP contribution is 2.20. The summed E-state index contributed by atoms with van der Waals surface area (Å²) >= 11 is 1.23. The Morgan fingerprint density at radius 3 is 2.90 bits per heavy atom. The van der Waals surface area contributed by atoms with Crippen LogP contribution in [0.5, 0.6) is 0 Å². The Kier molecular flexibility index (Phi) is 5.32. The molecule has 0 aliphatic carbocycles. The molecule has 0 unspecified atom stereocenters. The molecule has 0 aliphatic rings. The topological polar surface area (TPSA) is 104 Å². The number of nitrogens with zero attached hydrogens (tertiary/aromatic N) is 4. The summed E-state index contributed by atoms with van der Waals surface area (Å²) in [4.78, 5) is 15.6. The number of carbonyl (C=O) groups excluding carboxylic acids is 1. The van der Waals surface area contributed by atoms with Crippen molar-refractivity contribution in [3.8, 4) is 0 Å². The second-order valence-electron chi connectivity index (χ2n) is 4.58. The maximum Gasteiger partial charge on any atom is 0.396 e. The normalized spacial score (nSPS) is 11.0. The van der Waals surface area contributed by atoms with Crippen LogP contribution in [0.2, 0.25) is 0 Å². The van der Waals surface area contributed by atoms with Gasteiger partial charge in [0.25, 0.3) is 5.22 Å². The largest absolute Gasteiger partial charge is 0.459 e. The fourth-order valence-electron chi connectivity index (χ4n) is 1.45. The monoisotopic (exact) mass is 312 g/mol. The van der Waals surface area contributed by atoms with Crippen LogP contribution in [-0.2, 0) is 16.9 Å². The fourth-order valence-corrected chi connectivity index (χ4v) is 2.06. The van der Waals surface area contributed by atoms with Gasteiger partial charge >= 0.3 is 11.9 Å². The van der Waals surface area contributed by atoms with E-state index in [4.69, 9.17) is 13.7 Å². The van der Waals surface area contributed by atoms with Gasteiger partial charge in [0.15, 0.2) is 5.82 Å². The van der Waals surface area contributed by atoms with Crippen LogP contribution in [0, 0.1) is 5.92 Å². The van der Waals surface area contributed by atoms with Crippen LogP contribution >= 0.6 is 11.8 Å². The third-order valence-corrected chi connectivity index (χ3v) is 3.09. The van der Waals surface area contributed by atoms with E-state index < -0.39 is 5.97 Å². The van der Waals surface area contributed by atoms with Crippen molar-refractivity contribution in [2.75, 3.05) is 6.61 Å². The van der Waals surface area contributed by atoms with Gasteiger partial charge in [-0.2, -0.15) is 4.98 Å². The van der Waals surface area contributed by atoms with Gasteiger partial charge in [0.2, 0.25) is 5.89 Å². The molecule has 0 bridgehead atoms. The summed E-state index contributed by atoms with van der Waals surface area (Å²) < 4.78 is 15.1. The first-order valence-corrected chi connectivity index (χ1v) is 7.52. The van der Waals surface area contributed by atoms with E-state index in [1.807, 2.05) is 0 Å². The number of hydrogen-bond acceptors (Lipinski definition) is 9. The smallest absolute Gasteiger partial charge is 0.396 e. The minimum atomic E-state index is -0.629. The summed E-state index contributed by atoms with van der Waals surface area (Å²) in [6, 6.07) is 0. The van der Waals surface area contributed by atoms with Crippen molar-refractivity contribution in [1.82, 2.24) is 20.3 Å². The number of thioether (sulfide) groups is 1. The standard InChI is InChI=1S/C12H16N4O4S/c1-4-18-11(17)10-14-15-12(19-10)21-6-8-13-9(20-16-8)5-7(2)3/h7H,4-6H2,1-3H3. The number of ether oxygens (including phenoxy) is 1. The lowest BCUT2D eigenvalue weighted by Crippen LogP contribution is -2.04. The van der Waals surface area contributed by atoms with Crippen LogP contribution in [-0.4, -0.2) is 32.9 Å². The molecule has 21 heavy (non-hydrogen) atoms. The average Bonchev–Trinajstić information content (AvgIpc) is 3.05. The van der Waals surface area contributed by atoms with E-state index in [1.165, 1.54) is 11.8 Å². The zero-order valence-electron chi connectivity index (χ0n) is 12.0. The number of carbonyl (C=O) groups is 1. The van der Waals surface area contributed by atoms with Gasteiger partial charge in [-0.25, -0.2) is 4.79 Å². The first-order valence-electron chi connectivity index (χ1n) is 6.53. The van der Waals surface area contributed by atoms with Crippen molar-refractivity contribution in [1.29, 1.82) is 0 Å². The van der Waals surface area contributed by atoms with Gasteiger partial charge in [0.05, 0.1) is 12.4 Å². The van der Waals surface area contributed by atoms with E-state index in [0.29, 0.717) is 23.4 Å². The molecule has 2 aromatic rings.